The van der Waals surface area contributed by atoms with Gasteiger partial charge in [-0.1, -0.05) is 0 Å². The summed E-state index contributed by atoms with van der Waals surface area (Å²) in [7, 11) is 0. The predicted octanol–water partition coefficient (Wildman–Crippen LogP) is 2.96. The minimum Gasteiger partial charge on any atom is -0.459 e. The molecule has 0 aliphatic carbocycles. The second kappa shape index (κ2) is 9.10. The zero-order chi connectivity index (χ0) is 21.9. The van der Waals surface area contributed by atoms with Crippen LogP contribution in [-0.2, 0) is 9.53 Å². The van der Waals surface area contributed by atoms with Gasteiger partial charge in [-0.05, 0) is 59.4 Å². The fourth-order valence-corrected chi connectivity index (χ4v) is 3.99. The lowest BCUT2D eigenvalue weighted by Crippen LogP contribution is -2.50. The average Bonchev–Trinajstić information content (AvgIpc) is 3.13. The maximum absolute atomic E-state index is 12.9. The fourth-order valence-electron chi connectivity index (χ4n) is 3.99. The lowest BCUT2D eigenvalue weighted by molar-refractivity contribution is -0.138. The molecule has 166 valence electrons. The molecule has 0 unspecified atom stereocenters. The van der Waals surface area contributed by atoms with Crippen molar-refractivity contribution in [2.24, 2.45) is 5.92 Å². The number of ether oxygens (including phenoxy) is 1. The van der Waals surface area contributed by atoms with Crippen molar-refractivity contribution in [2.75, 3.05) is 26.2 Å². The highest BCUT2D eigenvalue weighted by Gasteiger charge is 2.33. The molecule has 3 heterocycles. The van der Waals surface area contributed by atoms with E-state index in [4.69, 9.17) is 9.15 Å². The highest BCUT2D eigenvalue weighted by molar-refractivity contribution is 5.93. The van der Waals surface area contributed by atoms with Crippen LogP contribution in [0.4, 0.5) is 4.79 Å². The van der Waals surface area contributed by atoms with Gasteiger partial charge in [0, 0.05) is 43.7 Å². The van der Waals surface area contributed by atoms with Gasteiger partial charge in [0.15, 0.2) is 5.76 Å². The molecule has 2 fully saturated rings. The number of hydrogen-bond acceptors (Lipinski definition) is 5. The van der Waals surface area contributed by atoms with Crippen molar-refractivity contribution in [1.29, 1.82) is 0 Å². The van der Waals surface area contributed by atoms with Crippen LogP contribution in [0.1, 0.15) is 62.6 Å². The van der Waals surface area contributed by atoms with E-state index in [1.807, 2.05) is 32.6 Å². The largest absolute Gasteiger partial charge is 0.459 e. The number of furan rings is 1. The first kappa shape index (κ1) is 22.2. The maximum atomic E-state index is 12.9. The van der Waals surface area contributed by atoms with E-state index in [0.717, 1.165) is 18.4 Å². The third kappa shape index (κ3) is 5.55. The molecule has 3 amide bonds. The van der Waals surface area contributed by atoms with Gasteiger partial charge in [0.1, 0.15) is 5.60 Å². The van der Waals surface area contributed by atoms with Crippen LogP contribution < -0.4 is 5.32 Å². The molecule has 3 rings (SSSR count). The number of nitrogens with zero attached hydrogens (tertiary/aromatic N) is 2. The van der Waals surface area contributed by atoms with Gasteiger partial charge in [0.25, 0.3) is 5.91 Å². The highest BCUT2D eigenvalue weighted by Crippen LogP contribution is 2.23. The van der Waals surface area contributed by atoms with Gasteiger partial charge in [0.05, 0.1) is 6.26 Å². The first-order chi connectivity index (χ1) is 14.1. The van der Waals surface area contributed by atoms with E-state index in [1.54, 1.807) is 11.0 Å². The fraction of sp³-hybridized carbons (Fsp3) is 0.682. The molecular weight excluding hydrogens is 386 g/mol. The van der Waals surface area contributed by atoms with Gasteiger partial charge in [0.2, 0.25) is 5.91 Å². The molecule has 0 bridgehead atoms. The minimum absolute atomic E-state index is 0.0417. The van der Waals surface area contributed by atoms with Gasteiger partial charge in [-0.15, -0.1) is 0 Å². The molecule has 1 aromatic rings. The zero-order valence-electron chi connectivity index (χ0n) is 18.4. The van der Waals surface area contributed by atoms with Crippen LogP contribution in [0.5, 0.6) is 0 Å². The summed E-state index contributed by atoms with van der Waals surface area (Å²) in [6.07, 6.45) is 3.98. The van der Waals surface area contributed by atoms with Gasteiger partial charge in [-0.25, -0.2) is 4.79 Å². The quantitative estimate of drug-likeness (QED) is 0.813. The lowest BCUT2D eigenvalue weighted by atomic mass is 9.94. The number of likely N-dealkylation sites (tertiary alicyclic amines) is 2. The Hall–Kier alpha value is -2.51. The van der Waals surface area contributed by atoms with E-state index in [2.05, 4.69) is 5.32 Å². The summed E-state index contributed by atoms with van der Waals surface area (Å²) in [5, 5.41) is 3.01. The summed E-state index contributed by atoms with van der Waals surface area (Å²) in [4.78, 5) is 41.0. The number of amides is 3. The molecule has 0 aromatic carbocycles. The van der Waals surface area contributed by atoms with Crippen molar-refractivity contribution in [3.05, 3.63) is 23.7 Å². The molecule has 0 radical (unpaired) electrons. The maximum Gasteiger partial charge on any atom is 0.410 e. The SMILES string of the molecule is Cc1ccoc1C(=O)NC1CCN(C(=O)C2CCN(C(=O)OC(C)(C)C)CC2)CC1. The smallest absolute Gasteiger partial charge is 0.410 e. The number of piperidine rings is 2. The van der Waals surface area contributed by atoms with Crippen molar-refractivity contribution in [3.63, 3.8) is 0 Å². The number of carbonyl (C=O) groups is 3. The van der Waals surface area contributed by atoms with Crippen LogP contribution in [0.2, 0.25) is 0 Å². The van der Waals surface area contributed by atoms with Crippen LogP contribution in [0.25, 0.3) is 0 Å². The second-order valence-corrected chi connectivity index (χ2v) is 9.25. The van der Waals surface area contributed by atoms with Gasteiger partial charge >= 0.3 is 6.09 Å². The first-order valence-electron chi connectivity index (χ1n) is 10.8. The first-order valence-corrected chi connectivity index (χ1v) is 10.8. The third-order valence-corrected chi connectivity index (χ3v) is 5.71. The van der Waals surface area contributed by atoms with E-state index in [9.17, 15) is 14.4 Å². The van der Waals surface area contributed by atoms with Crippen LogP contribution in [0.3, 0.4) is 0 Å². The number of hydrogen-bond donors (Lipinski definition) is 1. The summed E-state index contributed by atoms with van der Waals surface area (Å²) < 4.78 is 10.7. The minimum atomic E-state index is -0.515. The average molecular weight is 420 g/mol. The molecule has 0 atom stereocenters. The number of nitrogens with one attached hydrogen (secondary N) is 1. The summed E-state index contributed by atoms with van der Waals surface area (Å²) in [6.45, 7) is 9.74. The van der Waals surface area contributed by atoms with Crippen molar-refractivity contribution >= 4 is 17.9 Å². The Morgan fingerprint density at radius 3 is 2.17 bits per heavy atom. The third-order valence-electron chi connectivity index (χ3n) is 5.71. The Bertz CT molecular complexity index is 766. The summed E-state index contributed by atoms with van der Waals surface area (Å²) in [6, 6.07) is 1.81. The Labute approximate surface area is 177 Å². The molecule has 2 aliphatic heterocycles. The van der Waals surface area contributed by atoms with Crippen molar-refractivity contribution in [3.8, 4) is 0 Å². The number of aryl methyl sites for hydroxylation is 1. The van der Waals surface area contributed by atoms with E-state index >= 15 is 0 Å². The predicted molar refractivity (Wildman–Crippen MR) is 111 cm³/mol. The molecule has 30 heavy (non-hydrogen) atoms. The van der Waals surface area contributed by atoms with Crippen LogP contribution in [0, 0.1) is 12.8 Å². The molecule has 0 spiro atoms. The van der Waals surface area contributed by atoms with Gasteiger partial charge in [-0.2, -0.15) is 0 Å². The second-order valence-electron chi connectivity index (χ2n) is 9.25. The number of carbonyl (C=O) groups excluding carboxylic acids is 3. The van der Waals surface area contributed by atoms with E-state index < -0.39 is 5.60 Å². The summed E-state index contributed by atoms with van der Waals surface area (Å²) >= 11 is 0. The van der Waals surface area contributed by atoms with Crippen molar-refractivity contribution in [1.82, 2.24) is 15.1 Å². The Morgan fingerprint density at radius 1 is 1.03 bits per heavy atom. The lowest BCUT2D eigenvalue weighted by Gasteiger charge is -2.37. The monoisotopic (exact) mass is 419 g/mol. The van der Waals surface area contributed by atoms with Crippen LogP contribution in [0.15, 0.2) is 16.7 Å². The molecular formula is C22H33N3O5. The molecule has 8 heteroatoms. The molecule has 1 N–H and O–H groups in total. The van der Waals surface area contributed by atoms with E-state index in [1.165, 1.54) is 6.26 Å². The Balaban J connectivity index is 1.42. The Morgan fingerprint density at radius 2 is 1.63 bits per heavy atom. The van der Waals surface area contributed by atoms with Crippen molar-refractivity contribution in [2.45, 2.75) is 65.0 Å². The molecule has 2 aliphatic rings. The summed E-state index contributed by atoms with van der Waals surface area (Å²) in [5.41, 5.74) is 0.303. The van der Waals surface area contributed by atoms with E-state index in [-0.39, 0.29) is 29.9 Å². The molecule has 0 saturated carbocycles. The molecule has 8 nitrogen and oxygen atoms in total. The molecule has 2 saturated heterocycles. The van der Waals surface area contributed by atoms with Crippen molar-refractivity contribution < 1.29 is 23.5 Å². The van der Waals surface area contributed by atoms with Gasteiger partial charge in [-0.3, -0.25) is 9.59 Å². The zero-order valence-corrected chi connectivity index (χ0v) is 18.4. The van der Waals surface area contributed by atoms with E-state index in [0.29, 0.717) is 44.8 Å². The molecule has 1 aromatic heterocycles. The van der Waals surface area contributed by atoms with Gasteiger partial charge < -0.3 is 24.3 Å². The standard InChI is InChI=1S/C22H33N3O5/c1-15-9-14-29-18(15)19(26)23-17-7-12-24(13-8-17)20(27)16-5-10-25(11-6-16)21(28)30-22(2,3)4/h9,14,16-17H,5-8,10-13H2,1-4H3,(H,23,26). The van der Waals surface area contributed by atoms with Crippen LogP contribution >= 0.6 is 0 Å². The highest BCUT2D eigenvalue weighted by atomic mass is 16.6. The normalized spacial score (nSPS) is 18.9. The topological polar surface area (TPSA) is 92.1 Å². The Kier molecular flexibility index (Phi) is 6.73. The summed E-state index contributed by atoms with van der Waals surface area (Å²) in [5.74, 6) is 0.258. The number of rotatable bonds is 3. The van der Waals surface area contributed by atoms with Crippen LogP contribution in [-0.4, -0.2) is 65.5 Å².